The second-order valence-corrected chi connectivity index (χ2v) is 7.98. The van der Waals surface area contributed by atoms with Gasteiger partial charge in [0.1, 0.15) is 6.04 Å². The second kappa shape index (κ2) is 7.18. The standard InChI is InChI=1S/C18H22IN3O/c19-14-6-4-12(5-7-14)8-15(21)10-18(23)22-16(11-20)9-13-2-1-3-17(13)22/h4-7,13,15-17H,1-3,8-10,21H2/t13-,15+,16-,17-/m0/s1. The molecule has 1 aromatic rings. The van der Waals surface area contributed by atoms with Crippen molar-refractivity contribution in [2.24, 2.45) is 11.7 Å². The number of nitriles is 1. The van der Waals surface area contributed by atoms with Crippen LogP contribution >= 0.6 is 22.6 Å². The zero-order chi connectivity index (χ0) is 16.4. The van der Waals surface area contributed by atoms with E-state index >= 15 is 0 Å². The van der Waals surface area contributed by atoms with Crippen molar-refractivity contribution < 1.29 is 4.79 Å². The predicted molar refractivity (Wildman–Crippen MR) is 97.4 cm³/mol. The molecule has 1 aliphatic heterocycles. The minimum Gasteiger partial charge on any atom is -0.327 e. The molecule has 0 radical (unpaired) electrons. The zero-order valence-corrected chi connectivity index (χ0v) is 15.3. The maximum Gasteiger partial charge on any atom is 0.225 e. The molecule has 3 rings (SSSR count). The van der Waals surface area contributed by atoms with Crippen LogP contribution in [0.5, 0.6) is 0 Å². The number of fused-ring (bicyclic) bond motifs is 1. The van der Waals surface area contributed by atoms with Gasteiger partial charge in [-0.2, -0.15) is 5.26 Å². The number of carbonyl (C=O) groups is 1. The fraction of sp³-hybridized carbons (Fsp3) is 0.556. The van der Waals surface area contributed by atoms with Crippen molar-refractivity contribution in [1.29, 1.82) is 5.26 Å². The summed E-state index contributed by atoms with van der Waals surface area (Å²) in [6, 6.07) is 10.4. The molecule has 1 saturated heterocycles. The van der Waals surface area contributed by atoms with E-state index in [1.54, 1.807) is 0 Å². The lowest BCUT2D eigenvalue weighted by molar-refractivity contribution is -0.133. The summed E-state index contributed by atoms with van der Waals surface area (Å²) >= 11 is 2.27. The Hall–Kier alpha value is -1.13. The Balaban J connectivity index is 1.61. The van der Waals surface area contributed by atoms with Gasteiger partial charge in [-0.3, -0.25) is 4.79 Å². The van der Waals surface area contributed by atoms with Crippen molar-refractivity contribution in [3.8, 4) is 6.07 Å². The van der Waals surface area contributed by atoms with E-state index in [2.05, 4.69) is 52.9 Å². The van der Waals surface area contributed by atoms with Gasteiger partial charge in [-0.1, -0.05) is 18.6 Å². The average molecular weight is 423 g/mol. The van der Waals surface area contributed by atoms with Crippen LogP contribution in [-0.4, -0.2) is 28.9 Å². The van der Waals surface area contributed by atoms with Crippen molar-refractivity contribution >= 4 is 28.5 Å². The highest BCUT2D eigenvalue weighted by Crippen LogP contribution is 2.41. The van der Waals surface area contributed by atoms with Crippen LogP contribution < -0.4 is 5.73 Å². The monoisotopic (exact) mass is 423 g/mol. The summed E-state index contributed by atoms with van der Waals surface area (Å²) in [5.74, 6) is 0.583. The van der Waals surface area contributed by atoms with Gasteiger partial charge in [-0.05, 0) is 71.9 Å². The summed E-state index contributed by atoms with van der Waals surface area (Å²) in [6.07, 6.45) is 5.24. The number of rotatable bonds is 4. The Kier molecular flexibility index (Phi) is 5.22. The first kappa shape index (κ1) is 16.7. The van der Waals surface area contributed by atoms with E-state index in [-0.39, 0.29) is 24.0 Å². The summed E-state index contributed by atoms with van der Waals surface area (Å²) in [7, 11) is 0. The minimum absolute atomic E-state index is 0.0592. The molecule has 23 heavy (non-hydrogen) atoms. The Bertz CT molecular complexity index is 610. The summed E-state index contributed by atoms with van der Waals surface area (Å²) in [6.45, 7) is 0. The van der Waals surface area contributed by atoms with E-state index in [0.717, 1.165) is 24.8 Å². The normalized spacial score (nSPS) is 27.5. The van der Waals surface area contributed by atoms with Crippen molar-refractivity contribution in [2.45, 2.75) is 56.7 Å². The number of likely N-dealkylation sites (tertiary alicyclic amines) is 1. The third kappa shape index (κ3) is 3.69. The van der Waals surface area contributed by atoms with Gasteiger partial charge in [0, 0.05) is 22.1 Å². The maximum atomic E-state index is 12.7. The summed E-state index contributed by atoms with van der Waals surface area (Å²) < 4.78 is 1.19. The van der Waals surface area contributed by atoms with E-state index in [1.165, 1.54) is 9.99 Å². The van der Waals surface area contributed by atoms with E-state index in [1.807, 2.05) is 4.90 Å². The summed E-state index contributed by atoms with van der Waals surface area (Å²) in [5, 5.41) is 9.36. The van der Waals surface area contributed by atoms with Crippen LogP contribution in [0, 0.1) is 20.8 Å². The van der Waals surface area contributed by atoms with Crippen molar-refractivity contribution in [2.75, 3.05) is 0 Å². The first-order valence-corrected chi connectivity index (χ1v) is 9.37. The molecule has 0 unspecified atom stereocenters. The van der Waals surface area contributed by atoms with Gasteiger partial charge in [-0.25, -0.2) is 0 Å². The fourth-order valence-electron chi connectivity index (χ4n) is 4.09. The lowest BCUT2D eigenvalue weighted by Crippen LogP contribution is -2.43. The predicted octanol–water partition coefficient (Wildman–Crippen LogP) is 2.84. The Morgan fingerprint density at radius 1 is 1.39 bits per heavy atom. The highest BCUT2D eigenvalue weighted by Gasteiger charge is 2.45. The van der Waals surface area contributed by atoms with Crippen molar-refractivity contribution in [3.63, 3.8) is 0 Å². The van der Waals surface area contributed by atoms with Gasteiger partial charge >= 0.3 is 0 Å². The molecule has 2 fully saturated rings. The topological polar surface area (TPSA) is 70.1 Å². The fourth-order valence-corrected chi connectivity index (χ4v) is 4.45. The third-order valence-electron chi connectivity index (χ3n) is 5.12. The SMILES string of the molecule is N#C[C@@H]1C[C@@H]2CCC[C@@H]2N1C(=O)C[C@H](N)Cc1ccc(I)cc1. The number of nitrogens with two attached hydrogens (primary N) is 1. The molecular formula is C18H22IN3O. The molecule has 1 saturated carbocycles. The molecular weight excluding hydrogens is 401 g/mol. The lowest BCUT2D eigenvalue weighted by atomic mass is 10.0. The molecule has 1 amide bonds. The number of carbonyl (C=O) groups excluding carboxylic acids is 1. The Labute approximate surface area is 151 Å². The quantitative estimate of drug-likeness (QED) is 0.758. The molecule has 1 aromatic carbocycles. The van der Waals surface area contributed by atoms with E-state index in [9.17, 15) is 10.1 Å². The number of nitrogens with zero attached hydrogens (tertiary/aromatic N) is 2. The molecule has 0 spiro atoms. The Morgan fingerprint density at radius 2 is 2.13 bits per heavy atom. The molecule has 122 valence electrons. The minimum atomic E-state index is -0.247. The smallest absolute Gasteiger partial charge is 0.225 e. The number of hydrogen-bond donors (Lipinski definition) is 1. The summed E-state index contributed by atoms with van der Waals surface area (Å²) in [4.78, 5) is 14.6. The van der Waals surface area contributed by atoms with Gasteiger partial charge in [-0.15, -0.1) is 0 Å². The van der Waals surface area contributed by atoms with Gasteiger partial charge in [0.2, 0.25) is 5.91 Å². The molecule has 0 aromatic heterocycles. The molecule has 1 heterocycles. The highest BCUT2D eigenvalue weighted by molar-refractivity contribution is 14.1. The molecule has 4 nitrogen and oxygen atoms in total. The largest absolute Gasteiger partial charge is 0.327 e. The number of halogens is 1. The Morgan fingerprint density at radius 3 is 2.83 bits per heavy atom. The van der Waals surface area contributed by atoms with Crippen LogP contribution in [-0.2, 0) is 11.2 Å². The molecule has 1 aliphatic carbocycles. The van der Waals surface area contributed by atoms with Crippen LogP contribution in [0.25, 0.3) is 0 Å². The third-order valence-corrected chi connectivity index (χ3v) is 5.84. The molecule has 0 bridgehead atoms. The van der Waals surface area contributed by atoms with Gasteiger partial charge in [0.15, 0.2) is 0 Å². The van der Waals surface area contributed by atoms with Crippen LogP contribution in [0.3, 0.4) is 0 Å². The number of hydrogen-bond acceptors (Lipinski definition) is 3. The van der Waals surface area contributed by atoms with E-state index in [4.69, 9.17) is 5.73 Å². The van der Waals surface area contributed by atoms with Gasteiger partial charge < -0.3 is 10.6 Å². The molecule has 2 N–H and O–H groups in total. The van der Waals surface area contributed by atoms with Crippen molar-refractivity contribution in [1.82, 2.24) is 4.90 Å². The average Bonchev–Trinajstić information content (AvgIpc) is 3.09. The van der Waals surface area contributed by atoms with Crippen LogP contribution in [0.4, 0.5) is 0 Å². The number of benzene rings is 1. The lowest BCUT2D eigenvalue weighted by Gasteiger charge is -2.27. The molecule has 4 atom stereocenters. The van der Waals surface area contributed by atoms with Crippen LogP contribution in [0.1, 0.15) is 37.7 Å². The van der Waals surface area contributed by atoms with Crippen molar-refractivity contribution in [3.05, 3.63) is 33.4 Å². The molecule has 2 aliphatic rings. The summed E-state index contributed by atoms with van der Waals surface area (Å²) in [5.41, 5.74) is 7.36. The van der Waals surface area contributed by atoms with E-state index < -0.39 is 0 Å². The first-order chi connectivity index (χ1) is 11.1. The van der Waals surface area contributed by atoms with Crippen LogP contribution in [0.2, 0.25) is 0 Å². The maximum absolute atomic E-state index is 12.7. The van der Waals surface area contributed by atoms with Gasteiger partial charge in [0.25, 0.3) is 0 Å². The first-order valence-electron chi connectivity index (χ1n) is 8.29. The second-order valence-electron chi connectivity index (χ2n) is 6.73. The number of amides is 1. The van der Waals surface area contributed by atoms with Gasteiger partial charge in [0.05, 0.1) is 6.07 Å². The zero-order valence-electron chi connectivity index (χ0n) is 13.1. The molecule has 5 heteroatoms. The van der Waals surface area contributed by atoms with E-state index in [0.29, 0.717) is 18.8 Å². The highest BCUT2D eigenvalue weighted by atomic mass is 127. The van der Waals surface area contributed by atoms with Crippen LogP contribution in [0.15, 0.2) is 24.3 Å².